The summed E-state index contributed by atoms with van der Waals surface area (Å²) in [5, 5.41) is 33.5. The van der Waals surface area contributed by atoms with Gasteiger partial charge in [0.05, 0.1) is 24.2 Å². The molecule has 4 fully saturated rings. The van der Waals surface area contributed by atoms with E-state index < -0.39 is 65.0 Å². The van der Waals surface area contributed by atoms with Crippen LogP contribution in [0.2, 0.25) is 0 Å². The van der Waals surface area contributed by atoms with Gasteiger partial charge in [0.2, 0.25) is 0 Å². The van der Waals surface area contributed by atoms with Gasteiger partial charge < -0.3 is 39.1 Å². The van der Waals surface area contributed by atoms with E-state index in [1.165, 1.54) is 19.3 Å². The lowest BCUT2D eigenvalue weighted by molar-refractivity contribution is -0.308. The molecule has 4 bridgehead atoms. The lowest BCUT2D eigenvalue weighted by Crippen LogP contribution is -2.64. The Hall–Kier alpha value is -2.37. The molecule has 0 amide bonds. The van der Waals surface area contributed by atoms with Crippen LogP contribution in [0, 0.1) is 45.8 Å². The minimum atomic E-state index is -1.52. The van der Waals surface area contributed by atoms with Crippen LogP contribution >= 0.6 is 0 Å². The smallest absolute Gasteiger partial charge is 0.331 e. The van der Waals surface area contributed by atoms with Crippen molar-refractivity contribution in [3.05, 3.63) is 36.0 Å². The van der Waals surface area contributed by atoms with Gasteiger partial charge in [0.25, 0.3) is 0 Å². The maximum Gasteiger partial charge on any atom is 0.331 e. The molecule has 43 heavy (non-hydrogen) atoms. The van der Waals surface area contributed by atoms with Crippen LogP contribution in [0.1, 0.15) is 53.9 Å². The van der Waals surface area contributed by atoms with Crippen LogP contribution in [0.3, 0.4) is 0 Å². The third kappa shape index (κ3) is 4.35. The van der Waals surface area contributed by atoms with Gasteiger partial charge in [0.15, 0.2) is 12.4 Å². The van der Waals surface area contributed by atoms with Crippen molar-refractivity contribution in [3.8, 4) is 0 Å². The number of methoxy groups -OCH3 is 1. The number of rotatable bonds is 10. The molecule has 1 saturated heterocycles. The zero-order chi connectivity index (χ0) is 31.5. The summed E-state index contributed by atoms with van der Waals surface area (Å²) in [5.74, 6) is -2.50. The van der Waals surface area contributed by atoms with Crippen LogP contribution in [-0.2, 0) is 33.3 Å². The van der Waals surface area contributed by atoms with Crippen molar-refractivity contribution in [3.63, 3.8) is 0 Å². The number of hydrogen-bond acceptors (Lipinski definition) is 9. The molecule has 3 saturated carbocycles. The fourth-order valence-corrected chi connectivity index (χ4v) is 9.84. The molecule has 1 heterocycles. The van der Waals surface area contributed by atoms with Crippen LogP contribution in [-0.4, -0.2) is 84.1 Å². The average Bonchev–Trinajstić information content (AvgIpc) is 3.48. The van der Waals surface area contributed by atoms with Gasteiger partial charge in [-0.1, -0.05) is 50.6 Å². The van der Waals surface area contributed by atoms with Crippen LogP contribution in [0.15, 0.2) is 36.0 Å². The summed E-state index contributed by atoms with van der Waals surface area (Å²) in [7, 11) is 1.44. The van der Waals surface area contributed by atoms with Gasteiger partial charge in [-0.25, -0.2) is 4.79 Å². The molecule has 0 radical (unpaired) electrons. The second-order valence-corrected chi connectivity index (χ2v) is 13.6. The number of esters is 1. The quantitative estimate of drug-likeness (QED) is 0.112. The highest BCUT2D eigenvalue weighted by atomic mass is 16.7. The average molecular weight is 603 g/mol. The van der Waals surface area contributed by atoms with Crippen LogP contribution in [0.5, 0.6) is 0 Å². The second-order valence-electron chi connectivity index (χ2n) is 13.6. The number of aliphatic carboxylic acids is 1. The van der Waals surface area contributed by atoms with Crippen molar-refractivity contribution < 1.29 is 48.7 Å². The molecule has 4 aliphatic carbocycles. The second kappa shape index (κ2) is 11.5. The summed E-state index contributed by atoms with van der Waals surface area (Å²) in [5.41, 5.74) is -2.97. The summed E-state index contributed by atoms with van der Waals surface area (Å²) in [6.07, 6.45) is 4.59. The summed E-state index contributed by atoms with van der Waals surface area (Å²) < 4.78 is 23.6. The third-order valence-corrected chi connectivity index (χ3v) is 11.6. The first-order chi connectivity index (χ1) is 20.4. The normalized spacial score (nSPS) is 46.9. The molecule has 5 rings (SSSR count). The molecule has 13 atom stereocenters. The predicted octanol–water partition coefficient (Wildman–Crippen LogP) is 3.06. The molecule has 1 aliphatic heterocycles. The van der Waals surface area contributed by atoms with E-state index in [0.29, 0.717) is 19.3 Å². The minimum Gasteiger partial charge on any atom is -0.481 e. The molecule has 10 nitrogen and oxygen atoms in total. The Kier molecular flexibility index (Phi) is 8.59. The summed E-state index contributed by atoms with van der Waals surface area (Å²) in [6.45, 7) is 9.33. The standard InChI is InChI=1S/C33H46O10/c1-7-8-9-10-25(36)43-28-26(37)29(42-19(5)27(28)40-6)41-16-32-14-21-18(4)24(35)12-23(21)31(15-34)13-20(32)11-22(17(2)3)33(31,32)30(38)39/h7-11,15,17-21,23-24,26-29,35,37H,12-14,16H2,1-6H3,(H,38,39)/b8-7+,10-9-/t18-,19+,20-,21+,23+,24+,26-,27+,28-,29+,31?,32?,33-/m0/s1. The van der Waals surface area contributed by atoms with Crippen LogP contribution < -0.4 is 0 Å². The number of allylic oxidation sites excluding steroid dienone is 4. The number of aliphatic hydroxyl groups is 2. The van der Waals surface area contributed by atoms with Crippen LogP contribution in [0.4, 0.5) is 0 Å². The Morgan fingerprint density at radius 2 is 1.88 bits per heavy atom. The fraction of sp³-hybridized carbons (Fsp3) is 0.727. The first kappa shape index (κ1) is 32.0. The van der Waals surface area contributed by atoms with Crippen molar-refractivity contribution in [1.29, 1.82) is 0 Å². The molecule has 2 unspecified atom stereocenters. The molecule has 0 aromatic heterocycles. The van der Waals surface area contributed by atoms with Crippen molar-refractivity contribution in [1.82, 2.24) is 0 Å². The first-order valence-corrected chi connectivity index (χ1v) is 15.4. The lowest BCUT2D eigenvalue weighted by Gasteiger charge is -2.58. The van der Waals surface area contributed by atoms with Gasteiger partial charge in [-0.3, -0.25) is 4.79 Å². The molecule has 0 aromatic rings. The Bertz CT molecular complexity index is 1210. The number of ether oxygens (including phenoxy) is 4. The predicted molar refractivity (Wildman–Crippen MR) is 154 cm³/mol. The van der Waals surface area contributed by atoms with Gasteiger partial charge in [0, 0.05) is 18.6 Å². The zero-order valence-corrected chi connectivity index (χ0v) is 25.8. The summed E-state index contributed by atoms with van der Waals surface area (Å²) in [6, 6.07) is 0. The van der Waals surface area contributed by atoms with E-state index >= 15 is 0 Å². The number of fused-ring (bicyclic) bond motifs is 2. The summed E-state index contributed by atoms with van der Waals surface area (Å²) >= 11 is 0. The maximum absolute atomic E-state index is 13.7. The van der Waals surface area contributed by atoms with E-state index in [0.717, 1.165) is 11.9 Å². The van der Waals surface area contributed by atoms with Gasteiger partial charge in [-0.05, 0) is 62.7 Å². The largest absolute Gasteiger partial charge is 0.481 e. The number of aldehydes is 1. The topological polar surface area (TPSA) is 149 Å². The summed E-state index contributed by atoms with van der Waals surface area (Å²) in [4.78, 5) is 39.5. The Morgan fingerprint density at radius 1 is 1.16 bits per heavy atom. The Balaban J connectivity index is 1.50. The zero-order valence-electron chi connectivity index (χ0n) is 25.8. The van der Waals surface area contributed by atoms with E-state index in [-0.39, 0.29) is 36.2 Å². The lowest BCUT2D eigenvalue weighted by atomic mass is 9.43. The van der Waals surface area contributed by atoms with Gasteiger partial charge in [0.1, 0.15) is 23.9 Å². The number of carboxylic acids is 1. The van der Waals surface area contributed by atoms with Crippen molar-refractivity contribution >= 4 is 18.2 Å². The Morgan fingerprint density at radius 3 is 2.49 bits per heavy atom. The molecule has 3 N–H and O–H groups in total. The molecule has 10 heteroatoms. The molecule has 238 valence electrons. The molecule has 0 spiro atoms. The molecule has 5 aliphatic rings. The van der Waals surface area contributed by atoms with Crippen molar-refractivity contribution in [2.45, 2.75) is 90.7 Å². The van der Waals surface area contributed by atoms with E-state index in [1.807, 2.05) is 27.7 Å². The monoisotopic (exact) mass is 602 g/mol. The number of carbonyl (C=O) groups is 3. The highest BCUT2D eigenvalue weighted by molar-refractivity contribution is 5.90. The number of hydrogen-bond donors (Lipinski definition) is 3. The molecular formula is C33H46O10. The van der Waals surface area contributed by atoms with Gasteiger partial charge in [-0.15, -0.1) is 0 Å². The van der Waals surface area contributed by atoms with E-state index in [4.69, 9.17) is 18.9 Å². The van der Waals surface area contributed by atoms with E-state index in [9.17, 15) is 29.7 Å². The first-order valence-electron chi connectivity index (χ1n) is 15.4. The highest BCUT2D eigenvalue weighted by Crippen LogP contribution is 2.82. The number of aliphatic hydroxyl groups excluding tert-OH is 2. The van der Waals surface area contributed by atoms with Crippen LogP contribution in [0.25, 0.3) is 0 Å². The fourth-order valence-electron chi connectivity index (χ4n) is 9.84. The van der Waals surface area contributed by atoms with Gasteiger partial charge in [-0.2, -0.15) is 0 Å². The van der Waals surface area contributed by atoms with Crippen molar-refractivity contribution in [2.24, 2.45) is 45.8 Å². The van der Waals surface area contributed by atoms with E-state index in [1.54, 1.807) is 19.1 Å². The van der Waals surface area contributed by atoms with Gasteiger partial charge >= 0.3 is 11.9 Å². The van der Waals surface area contributed by atoms with E-state index in [2.05, 4.69) is 6.08 Å². The van der Waals surface area contributed by atoms with Crippen molar-refractivity contribution in [2.75, 3.05) is 13.7 Å². The number of carbonyl (C=O) groups excluding carboxylic acids is 2. The number of carboxylic acid groups (broad SMARTS) is 1. The Labute approximate surface area is 253 Å². The minimum absolute atomic E-state index is 0.0622. The molecule has 0 aromatic carbocycles. The molecular weight excluding hydrogens is 556 g/mol. The maximum atomic E-state index is 13.7. The highest BCUT2D eigenvalue weighted by Gasteiger charge is 2.84. The third-order valence-electron chi connectivity index (χ3n) is 11.6. The SMILES string of the molecule is C/C=C/C=C\C(=O)O[C@H]1[C@H](O)[C@H](OCC23C[C@@H]4[C@H](C)[C@H](O)C[C@H]4C4(C=O)C[C@@H]2C=C(C(C)C)[C@]43C(=O)O)O[C@H](C)[C@H]1OC.